The number of piperazine rings is 1. The number of anilines is 1. The van der Waals surface area contributed by atoms with Crippen LogP contribution in [0.4, 0.5) is 10.1 Å². The molecule has 0 aliphatic carbocycles. The number of halogens is 1. The third-order valence-corrected chi connectivity index (χ3v) is 5.31. The van der Waals surface area contributed by atoms with Gasteiger partial charge in [0.2, 0.25) is 5.91 Å². The van der Waals surface area contributed by atoms with Crippen LogP contribution in [0.15, 0.2) is 42.5 Å². The van der Waals surface area contributed by atoms with Crippen molar-refractivity contribution in [3.05, 3.63) is 59.4 Å². The van der Waals surface area contributed by atoms with Crippen molar-refractivity contribution in [3.63, 3.8) is 0 Å². The van der Waals surface area contributed by atoms with E-state index in [1.54, 1.807) is 12.0 Å². The predicted molar refractivity (Wildman–Crippen MR) is 104 cm³/mol. The van der Waals surface area contributed by atoms with E-state index in [1.165, 1.54) is 12.1 Å². The third-order valence-electron chi connectivity index (χ3n) is 5.31. The summed E-state index contributed by atoms with van der Waals surface area (Å²) in [7, 11) is 1.61. The minimum Gasteiger partial charge on any atom is -0.497 e. The molecule has 0 N–H and O–H groups in total. The summed E-state index contributed by atoms with van der Waals surface area (Å²) >= 11 is 0. The van der Waals surface area contributed by atoms with Crippen LogP contribution in [0.3, 0.4) is 0 Å². The molecule has 0 bridgehead atoms. The second kappa shape index (κ2) is 7.54. The van der Waals surface area contributed by atoms with Gasteiger partial charge in [0.25, 0.3) is 11.8 Å². The van der Waals surface area contributed by atoms with Crippen LogP contribution in [0.25, 0.3) is 0 Å². The van der Waals surface area contributed by atoms with Gasteiger partial charge in [0, 0.05) is 31.9 Å². The van der Waals surface area contributed by atoms with Gasteiger partial charge in [-0.15, -0.1) is 0 Å². The highest BCUT2D eigenvalue weighted by molar-refractivity contribution is 6.22. The van der Waals surface area contributed by atoms with E-state index < -0.39 is 17.6 Å². The number of rotatable bonds is 4. The van der Waals surface area contributed by atoms with Gasteiger partial charge < -0.3 is 14.5 Å². The van der Waals surface area contributed by atoms with E-state index in [1.807, 2.05) is 24.3 Å². The maximum absolute atomic E-state index is 13.9. The minimum absolute atomic E-state index is 0.00660. The monoisotopic (exact) mass is 397 g/mol. The van der Waals surface area contributed by atoms with E-state index >= 15 is 0 Å². The van der Waals surface area contributed by atoms with Crippen molar-refractivity contribution in [1.29, 1.82) is 0 Å². The molecule has 0 saturated carbocycles. The molecule has 0 atom stereocenters. The predicted octanol–water partition coefficient (Wildman–Crippen LogP) is 1.78. The van der Waals surface area contributed by atoms with Crippen LogP contribution in [-0.4, -0.2) is 67.4 Å². The van der Waals surface area contributed by atoms with E-state index in [9.17, 15) is 18.8 Å². The summed E-state index contributed by atoms with van der Waals surface area (Å²) in [6.45, 7) is 1.84. The first-order valence-corrected chi connectivity index (χ1v) is 9.31. The summed E-state index contributed by atoms with van der Waals surface area (Å²) in [6.07, 6.45) is 0. The number of hydrogen-bond donors (Lipinski definition) is 0. The topological polar surface area (TPSA) is 70.2 Å². The quantitative estimate of drug-likeness (QED) is 0.736. The van der Waals surface area contributed by atoms with E-state index in [4.69, 9.17) is 4.74 Å². The summed E-state index contributed by atoms with van der Waals surface area (Å²) in [5.74, 6) is -1.68. The molecule has 8 heteroatoms. The fourth-order valence-electron chi connectivity index (χ4n) is 3.68. The Labute approximate surface area is 167 Å². The molecule has 0 spiro atoms. The van der Waals surface area contributed by atoms with Gasteiger partial charge in [-0.1, -0.05) is 6.07 Å². The lowest BCUT2D eigenvalue weighted by Gasteiger charge is -2.36. The lowest BCUT2D eigenvalue weighted by Crippen LogP contribution is -2.51. The Morgan fingerprint density at radius 1 is 1.00 bits per heavy atom. The average molecular weight is 397 g/mol. The molecule has 150 valence electrons. The summed E-state index contributed by atoms with van der Waals surface area (Å²) < 4.78 is 19.1. The number of methoxy groups -OCH3 is 1. The zero-order chi connectivity index (χ0) is 20.5. The average Bonchev–Trinajstić information content (AvgIpc) is 2.99. The number of ether oxygens (including phenoxy) is 1. The summed E-state index contributed by atoms with van der Waals surface area (Å²) in [4.78, 5) is 42.1. The highest BCUT2D eigenvalue weighted by atomic mass is 19.1. The molecule has 0 radical (unpaired) electrons. The third kappa shape index (κ3) is 3.41. The molecule has 1 fully saturated rings. The Kier molecular flexibility index (Phi) is 4.92. The smallest absolute Gasteiger partial charge is 0.265 e. The molecule has 4 rings (SSSR count). The number of hydrogen-bond acceptors (Lipinski definition) is 5. The normalized spacial score (nSPS) is 16.3. The van der Waals surface area contributed by atoms with Crippen LogP contribution in [0.2, 0.25) is 0 Å². The zero-order valence-electron chi connectivity index (χ0n) is 15.9. The summed E-state index contributed by atoms with van der Waals surface area (Å²) in [5.41, 5.74) is 0.787. The number of fused-ring (bicyclic) bond motifs is 1. The number of carbonyl (C=O) groups is 3. The van der Waals surface area contributed by atoms with Crippen molar-refractivity contribution in [2.45, 2.75) is 0 Å². The van der Waals surface area contributed by atoms with Gasteiger partial charge in [-0.3, -0.25) is 19.3 Å². The van der Waals surface area contributed by atoms with Crippen molar-refractivity contribution < 1.29 is 23.5 Å². The van der Waals surface area contributed by atoms with Gasteiger partial charge >= 0.3 is 0 Å². The van der Waals surface area contributed by atoms with Crippen molar-refractivity contribution >= 4 is 23.4 Å². The Balaban J connectivity index is 1.37. The van der Waals surface area contributed by atoms with Gasteiger partial charge in [-0.2, -0.15) is 0 Å². The van der Waals surface area contributed by atoms with E-state index in [0.717, 1.165) is 22.4 Å². The number of nitrogens with zero attached hydrogens (tertiary/aromatic N) is 3. The van der Waals surface area contributed by atoms with Crippen LogP contribution in [0.1, 0.15) is 20.7 Å². The summed E-state index contributed by atoms with van der Waals surface area (Å²) in [5, 5.41) is 0. The molecule has 7 nitrogen and oxygen atoms in total. The minimum atomic E-state index is -0.756. The fourth-order valence-corrected chi connectivity index (χ4v) is 3.68. The maximum atomic E-state index is 13.9. The number of amides is 3. The van der Waals surface area contributed by atoms with Gasteiger partial charge in [0.15, 0.2) is 0 Å². The first-order valence-electron chi connectivity index (χ1n) is 9.31. The van der Waals surface area contributed by atoms with Gasteiger partial charge in [-0.25, -0.2) is 4.39 Å². The van der Waals surface area contributed by atoms with Crippen molar-refractivity contribution in [2.75, 3.05) is 44.7 Å². The molecule has 3 amide bonds. The van der Waals surface area contributed by atoms with E-state index in [2.05, 4.69) is 4.90 Å². The van der Waals surface area contributed by atoms with Crippen molar-refractivity contribution in [1.82, 2.24) is 9.80 Å². The zero-order valence-corrected chi connectivity index (χ0v) is 15.9. The Hall–Kier alpha value is -3.42. The first kappa shape index (κ1) is 18.9. The van der Waals surface area contributed by atoms with E-state index in [-0.39, 0.29) is 23.6 Å². The Morgan fingerprint density at radius 3 is 2.31 bits per heavy atom. The van der Waals surface area contributed by atoms with Crippen molar-refractivity contribution in [2.24, 2.45) is 0 Å². The molecule has 2 aliphatic rings. The second-order valence-corrected chi connectivity index (χ2v) is 6.92. The second-order valence-electron chi connectivity index (χ2n) is 6.92. The fraction of sp³-hybridized carbons (Fsp3) is 0.286. The molecule has 0 aromatic heterocycles. The molecule has 2 aromatic carbocycles. The SMILES string of the molecule is COc1ccc(N2CCN(C(=O)CN3C(=O)c4cccc(F)c4C3=O)CC2)cc1. The molecule has 29 heavy (non-hydrogen) atoms. The largest absolute Gasteiger partial charge is 0.497 e. The first-order chi connectivity index (χ1) is 14.0. The maximum Gasteiger partial charge on any atom is 0.265 e. The van der Waals surface area contributed by atoms with Crippen LogP contribution in [0.5, 0.6) is 5.75 Å². The molecule has 1 saturated heterocycles. The van der Waals surface area contributed by atoms with Gasteiger partial charge in [0.1, 0.15) is 18.1 Å². The van der Waals surface area contributed by atoms with Crippen LogP contribution in [0, 0.1) is 5.82 Å². The Morgan fingerprint density at radius 2 is 1.69 bits per heavy atom. The molecule has 2 aromatic rings. The van der Waals surface area contributed by atoms with Crippen molar-refractivity contribution in [3.8, 4) is 5.75 Å². The van der Waals surface area contributed by atoms with Crippen LogP contribution in [-0.2, 0) is 4.79 Å². The number of imide groups is 1. The Bertz CT molecular complexity index is 968. The highest BCUT2D eigenvalue weighted by Crippen LogP contribution is 2.25. The van der Waals surface area contributed by atoms with Crippen LogP contribution >= 0.6 is 0 Å². The lowest BCUT2D eigenvalue weighted by atomic mass is 10.1. The standard InChI is InChI=1S/C21H20FN3O4/c1-29-15-7-5-14(6-8-15)23-9-11-24(12-10-23)18(26)13-25-20(27)16-3-2-4-17(22)19(16)21(25)28/h2-8H,9-13H2,1H3. The number of carbonyl (C=O) groups excluding carboxylic acids is 3. The van der Waals surface area contributed by atoms with Gasteiger partial charge in [0.05, 0.1) is 18.2 Å². The lowest BCUT2D eigenvalue weighted by molar-refractivity contribution is -0.131. The number of benzene rings is 2. The molecule has 2 aliphatic heterocycles. The molecule has 0 unspecified atom stereocenters. The molecular weight excluding hydrogens is 377 g/mol. The molecule has 2 heterocycles. The van der Waals surface area contributed by atoms with Gasteiger partial charge in [-0.05, 0) is 36.4 Å². The summed E-state index contributed by atoms with van der Waals surface area (Å²) in [6, 6.07) is 11.6. The van der Waals surface area contributed by atoms with E-state index in [0.29, 0.717) is 26.2 Å². The molecular formula is C21H20FN3O4. The van der Waals surface area contributed by atoms with Crippen LogP contribution < -0.4 is 9.64 Å². The highest BCUT2D eigenvalue weighted by Gasteiger charge is 2.39.